The van der Waals surface area contributed by atoms with E-state index in [1.54, 1.807) is 31.1 Å². The maximum atomic E-state index is 13.4. The van der Waals surface area contributed by atoms with Crippen molar-refractivity contribution in [3.63, 3.8) is 0 Å². The number of ether oxygens (including phenoxy) is 3. The van der Waals surface area contributed by atoms with Crippen LogP contribution in [0.25, 0.3) is 11.5 Å². The fraction of sp³-hybridized carbons (Fsp3) is 0.571. The lowest BCUT2D eigenvalue weighted by molar-refractivity contribution is -0.142. The SMILES string of the molecule is COc1ccc2cc1OCCCN(C(=O)C1CCOCC1)CC(=O)N[C@@H](C(C)C)C(=O)NCc1nc-2oc1C. The summed E-state index contributed by atoms with van der Waals surface area (Å²) in [7, 11) is 1.56. The third kappa shape index (κ3) is 7.08. The van der Waals surface area contributed by atoms with Crippen molar-refractivity contribution < 1.29 is 33.0 Å². The number of aryl methyl sites for hydroxylation is 1. The summed E-state index contributed by atoms with van der Waals surface area (Å²) in [6.45, 7) is 7.18. The number of aromatic nitrogens is 1. The second-order valence-electron chi connectivity index (χ2n) is 10.2. The molecule has 2 aromatic rings. The molecule has 1 aromatic heterocycles. The number of oxazole rings is 1. The van der Waals surface area contributed by atoms with Gasteiger partial charge in [0.05, 0.1) is 26.8 Å². The summed E-state index contributed by atoms with van der Waals surface area (Å²) in [5.41, 5.74) is 1.29. The molecule has 1 aromatic carbocycles. The van der Waals surface area contributed by atoms with Crippen LogP contribution in [0.1, 0.15) is 44.6 Å². The summed E-state index contributed by atoms with van der Waals surface area (Å²) in [5.74, 6) is 0.882. The van der Waals surface area contributed by atoms with E-state index in [1.165, 1.54) is 0 Å². The fourth-order valence-electron chi connectivity index (χ4n) is 4.75. The molecule has 1 saturated heterocycles. The van der Waals surface area contributed by atoms with Gasteiger partial charge >= 0.3 is 0 Å². The van der Waals surface area contributed by atoms with E-state index >= 15 is 0 Å². The Bertz CT molecular complexity index is 1170. The van der Waals surface area contributed by atoms with Gasteiger partial charge in [0.2, 0.25) is 23.6 Å². The van der Waals surface area contributed by atoms with Crippen molar-refractivity contribution in [3.05, 3.63) is 29.7 Å². The Labute approximate surface area is 228 Å². The van der Waals surface area contributed by atoms with E-state index in [1.807, 2.05) is 19.9 Å². The Balaban J connectivity index is 1.61. The van der Waals surface area contributed by atoms with E-state index in [2.05, 4.69) is 15.6 Å². The topological polar surface area (TPSA) is 132 Å². The summed E-state index contributed by atoms with van der Waals surface area (Å²) < 4.78 is 22.8. The molecule has 0 spiro atoms. The van der Waals surface area contributed by atoms with E-state index in [4.69, 9.17) is 18.6 Å². The quantitative estimate of drug-likeness (QED) is 0.605. The molecule has 2 aliphatic rings. The van der Waals surface area contributed by atoms with Crippen LogP contribution >= 0.6 is 0 Å². The van der Waals surface area contributed by atoms with Gasteiger partial charge in [-0.25, -0.2) is 4.98 Å². The van der Waals surface area contributed by atoms with Crippen LogP contribution in [0.2, 0.25) is 0 Å². The third-order valence-electron chi connectivity index (χ3n) is 7.05. The second-order valence-corrected chi connectivity index (χ2v) is 10.2. The highest BCUT2D eigenvalue weighted by Crippen LogP contribution is 2.33. The van der Waals surface area contributed by atoms with Gasteiger partial charge in [0.25, 0.3) is 0 Å². The Morgan fingerprint density at radius 3 is 2.67 bits per heavy atom. The zero-order valence-electron chi connectivity index (χ0n) is 23.1. The highest BCUT2D eigenvalue weighted by Gasteiger charge is 2.30. The Hall–Kier alpha value is -3.60. The first-order valence-corrected chi connectivity index (χ1v) is 13.5. The number of fused-ring (bicyclic) bond motifs is 5. The molecule has 3 amide bonds. The van der Waals surface area contributed by atoms with Gasteiger partial charge in [-0.05, 0) is 50.3 Å². The van der Waals surface area contributed by atoms with Crippen molar-refractivity contribution in [2.75, 3.05) is 40.0 Å². The van der Waals surface area contributed by atoms with Gasteiger partial charge in [-0.1, -0.05) is 13.8 Å². The van der Waals surface area contributed by atoms with Crippen LogP contribution in [0.5, 0.6) is 11.5 Å². The summed E-state index contributed by atoms with van der Waals surface area (Å²) >= 11 is 0. The standard InChI is InChI=1S/C28H38N4O7/c1-17(2)25-26(34)29-15-21-18(3)39-27(30-21)20-6-7-22(36-4)23(14-20)38-11-5-10-32(16-24(33)31-25)28(35)19-8-12-37-13-9-19/h6-7,14,17,19,25H,5,8-13,15-16H2,1-4H3,(H,29,34)(H,31,33)/t25-/m0/s1. The van der Waals surface area contributed by atoms with Crippen molar-refractivity contribution in [1.29, 1.82) is 0 Å². The first-order chi connectivity index (χ1) is 18.8. The number of nitrogens with one attached hydrogen (secondary N) is 2. The largest absolute Gasteiger partial charge is 0.493 e. The Kier molecular flexibility index (Phi) is 9.45. The molecular formula is C28H38N4O7. The number of rotatable bonds is 3. The molecule has 4 bridgehead atoms. The molecule has 11 heteroatoms. The van der Waals surface area contributed by atoms with Gasteiger partial charge in [0.1, 0.15) is 17.5 Å². The fourth-order valence-corrected chi connectivity index (χ4v) is 4.75. The van der Waals surface area contributed by atoms with Crippen LogP contribution in [-0.4, -0.2) is 73.7 Å². The first-order valence-electron chi connectivity index (χ1n) is 13.5. The Morgan fingerprint density at radius 2 is 1.95 bits per heavy atom. The van der Waals surface area contributed by atoms with Crippen molar-refractivity contribution in [2.45, 2.75) is 52.6 Å². The zero-order valence-corrected chi connectivity index (χ0v) is 23.1. The van der Waals surface area contributed by atoms with Crippen LogP contribution < -0.4 is 20.1 Å². The average Bonchev–Trinajstić information content (AvgIpc) is 3.31. The van der Waals surface area contributed by atoms with E-state index in [0.29, 0.717) is 80.0 Å². The maximum absolute atomic E-state index is 13.4. The van der Waals surface area contributed by atoms with E-state index in [9.17, 15) is 14.4 Å². The molecule has 3 heterocycles. The predicted octanol–water partition coefficient (Wildman–Crippen LogP) is 2.45. The molecule has 2 N–H and O–H groups in total. The van der Waals surface area contributed by atoms with Gasteiger partial charge in [0, 0.05) is 31.2 Å². The summed E-state index contributed by atoms with van der Waals surface area (Å²) in [6, 6.07) is 4.64. The summed E-state index contributed by atoms with van der Waals surface area (Å²) in [5, 5.41) is 5.70. The number of carbonyl (C=O) groups is 3. The molecule has 0 radical (unpaired) electrons. The van der Waals surface area contributed by atoms with Gasteiger partial charge in [-0.3, -0.25) is 14.4 Å². The lowest BCUT2D eigenvalue weighted by Gasteiger charge is -2.30. The predicted molar refractivity (Wildman–Crippen MR) is 142 cm³/mol. The van der Waals surface area contributed by atoms with Crippen molar-refractivity contribution in [1.82, 2.24) is 20.5 Å². The Morgan fingerprint density at radius 1 is 1.18 bits per heavy atom. The van der Waals surface area contributed by atoms with Gasteiger partial charge in [-0.15, -0.1) is 0 Å². The second kappa shape index (κ2) is 13.0. The number of hydrogen-bond acceptors (Lipinski definition) is 8. The lowest BCUT2D eigenvalue weighted by atomic mass is 9.98. The number of benzene rings is 1. The maximum Gasteiger partial charge on any atom is 0.243 e. The zero-order chi connectivity index (χ0) is 27.9. The number of hydrogen-bond donors (Lipinski definition) is 2. The molecule has 0 aliphatic carbocycles. The molecule has 1 fully saturated rings. The number of methoxy groups -OCH3 is 1. The third-order valence-corrected chi connectivity index (χ3v) is 7.05. The van der Waals surface area contributed by atoms with Crippen molar-refractivity contribution in [3.8, 4) is 23.0 Å². The first kappa shape index (κ1) is 28.4. The van der Waals surface area contributed by atoms with E-state index in [-0.39, 0.29) is 42.6 Å². The molecule has 2 aliphatic heterocycles. The van der Waals surface area contributed by atoms with Crippen molar-refractivity contribution >= 4 is 17.7 Å². The van der Waals surface area contributed by atoms with Crippen LogP contribution in [0.4, 0.5) is 0 Å². The van der Waals surface area contributed by atoms with Crippen LogP contribution in [-0.2, 0) is 25.7 Å². The highest BCUT2D eigenvalue weighted by atomic mass is 16.5. The molecule has 212 valence electrons. The smallest absolute Gasteiger partial charge is 0.243 e. The van der Waals surface area contributed by atoms with Gasteiger partial charge in [-0.2, -0.15) is 0 Å². The molecule has 11 nitrogen and oxygen atoms in total. The molecule has 39 heavy (non-hydrogen) atoms. The van der Waals surface area contributed by atoms with Crippen LogP contribution in [0.15, 0.2) is 22.6 Å². The lowest BCUT2D eigenvalue weighted by Crippen LogP contribution is -2.53. The van der Waals surface area contributed by atoms with Gasteiger partial charge in [0.15, 0.2) is 11.5 Å². The number of amides is 3. The minimum absolute atomic E-state index is 0.0814. The highest BCUT2D eigenvalue weighted by molar-refractivity contribution is 5.90. The minimum atomic E-state index is -0.768. The van der Waals surface area contributed by atoms with Crippen LogP contribution in [0.3, 0.4) is 0 Å². The van der Waals surface area contributed by atoms with Crippen molar-refractivity contribution in [2.24, 2.45) is 11.8 Å². The van der Waals surface area contributed by atoms with E-state index < -0.39 is 6.04 Å². The number of carbonyl (C=O) groups excluding carboxylic acids is 3. The molecule has 0 saturated carbocycles. The normalized spacial score (nSPS) is 19.9. The van der Waals surface area contributed by atoms with E-state index in [0.717, 1.165) is 0 Å². The van der Waals surface area contributed by atoms with Crippen LogP contribution in [0, 0.1) is 18.8 Å². The number of nitrogens with zero attached hydrogens (tertiary/aromatic N) is 2. The average molecular weight is 543 g/mol. The summed E-state index contributed by atoms with van der Waals surface area (Å²) in [4.78, 5) is 45.7. The summed E-state index contributed by atoms with van der Waals surface area (Å²) in [6.07, 6.45) is 1.73. The molecule has 0 unspecified atom stereocenters. The minimum Gasteiger partial charge on any atom is -0.493 e. The molecule has 1 atom stereocenters. The monoisotopic (exact) mass is 542 g/mol. The molecule has 4 rings (SSSR count). The van der Waals surface area contributed by atoms with Gasteiger partial charge < -0.3 is 34.2 Å². The molecular weight excluding hydrogens is 504 g/mol.